The normalized spacial score (nSPS) is 28.4. The number of nitrogens with zero attached hydrogens (tertiary/aromatic N) is 1. The van der Waals surface area contributed by atoms with Gasteiger partial charge in [-0.2, -0.15) is 0 Å². The molecular formula is C24H27ClN2O2. The average molecular weight is 411 g/mol. The van der Waals surface area contributed by atoms with E-state index in [4.69, 9.17) is 16.3 Å². The van der Waals surface area contributed by atoms with E-state index >= 15 is 0 Å². The number of nitrogens with one attached hydrogen (secondary N) is 1. The Balaban J connectivity index is 1.36. The van der Waals surface area contributed by atoms with Gasteiger partial charge in [-0.15, -0.1) is 0 Å². The molecule has 2 aromatic rings. The van der Waals surface area contributed by atoms with Gasteiger partial charge in [0, 0.05) is 11.6 Å². The number of carbonyl (C=O) groups is 1. The third-order valence-corrected chi connectivity index (χ3v) is 8.09. The number of fused-ring (bicyclic) bond motifs is 2. The maximum atomic E-state index is 13.5. The van der Waals surface area contributed by atoms with Gasteiger partial charge in [0.25, 0.3) is 5.91 Å². The zero-order chi connectivity index (χ0) is 19.9. The van der Waals surface area contributed by atoms with Crippen LogP contribution in [0.3, 0.4) is 0 Å². The van der Waals surface area contributed by atoms with E-state index in [9.17, 15) is 4.79 Å². The van der Waals surface area contributed by atoms with E-state index in [1.54, 1.807) is 5.57 Å². The Morgan fingerprint density at radius 1 is 1.21 bits per heavy atom. The monoisotopic (exact) mass is 410 g/mol. The third-order valence-electron chi connectivity index (χ3n) is 7.77. The zero-order valence-corrected chi connectivity index (χ0v) is 17.8. The van der Waals surface area contributed by atoms with Gasteiger partial charge in [-0.3, -0.25) is 4.79 Å². The Kier molecular flexibility index (Phi) is 3.80. The number of amides is 1. The van der Waals surface area contributed by atoms with Gasteiger partial charge in [0.05, 0.1) is 40.9 Å². The van der Waals surface area contributed by atoms with Crippen molar-refractivity contribution in [1.82, 2.24) is 9.88 Å². The summed E-state index contributed by atoms with van der Waals surface area (Å²) in [5.41, 5.74) is 4.52. The van der Waals surface area contributed by atoms with E-state index in [-0.39, 0.29) is 17.5 Å². The van der Waals surface area contributed by atoms with Crippen LogP contribution in [0.2, 0.25) is 5.02 Å². The van der Waals surface area contributed by atoms with E-state index in [1.165, 1.54) is 24.8 Å². The topological polar surface area (TPSA) is 43.3 Å². The molecule has 0 spiro atoms. The van der Waals surface area contributed by atoms with E-state index in [0.29, 0.717) is 23.8 Å². The minimum atomic E-state index is -0.322. The first-order chi connectivity index (χ1) is 13.9. The fourth-order valence-electron chi connectivity index (χ4n) is 6.35. The second kappa shape index (κ2) is 6.12. The maximum Gasteiger partial charge on any atom is 0.254 e. The fourth-order valence-corrected chi connectivity index (χ4v) is 6.62. The van der Waals surface area contributed by atoms with Gasteiger partial charge < -0.3 is 14.6 Å². The molecule has 29 heavy (non-hydrogen) atoms. The standard InChI is InChI=1S/C24H27ClN2O2/c1-24(2,18-8-13-6-14-9-15(7-13)21(14)18)26-23(28)17-10-27(16-11-29-12-16)20-5-3-4-19(25)22(17)20/h3-5,10,13-16H,6-9,11-12H2,1-2H3,(H,26,28)/t13-,14+,15-. The number of allylic oxidation sites excluding steroid dienone is 1. The zero-order valence-electron chi connectivity index (χ0n) is 17.0. The summed E-state index contributed by atoms with van der Waals surface area (Å²) in [5.74, 6) is 2.36. The highest BCUT2D eigenvalue weighted by molar-refractivity contribution is 6.36. The molecule has 2 heterocycles. The Morgan fingerprint density at radius 3 is 2.62 bits per heavy atom. The van der Waals surface area contributed by atoms with Crippen LogP contribution in [0.25, 0.3) is 10.9 Å². The Morgan fingerprint density at radius 2 is 1.97 bits per heavy atom. The van der Waals surface area contributed by atoms with Crippen molar-refractivity contribution < 1.29 is 9.53 Å². The van der Waals surface area contributed by atoms with Crippen LogP contribution in [0.1, 0.15) is 55.9 Å². The molecule has 1 saturated heterocycles. The van der Waals surface area contributed by atoms with Gasteiger partial charge in [-0.25, -0.2) is 0 Å². The number of rotatable bonds is 4. The van der Waals surface area contributed by atoms with E-state index in [0.717, 1.165) is 35.1 Å². The molecule has 1 amide bonds. The molecular weight excluding hydrogens is 384 g/mol. The first-order valence-electron chi connectivity index (χ1n) is 10.8. The van der Waals surface area contributed by atoms with Crippen molar-refractivity contribution in [3.8, 4) is 0 Å². The van der Waals surface area contributed by atoms with Crippen molar-refractivity contribution >= 4 is 28.4 Å². The van der Waals surface area contributed by atoms with E-state index < -0.39 is 0 Å². The molecule has 1 aromatic carbocycles. The van der Waals surface area contributed by atoms with Crippen molar-refractivity contribution in [1.29, 1.82) is 0 Å². The number of carbonyl (C=O) groups excluding carboxylic acids is 1. The van der Waals surface area contributed by atoms with Crippen LogP contribution < -0.4 is 5.32 Å². The van der Waals surface area contributed by atoms with E-state index in [2.05, 4.69) is 23.7 Å². The summed E-state index contributed by atoms with van der Waals surface area (Å²) in [6, 6.07) is 6.13. The third kappa shape index (κ3) is 2.58. The average Bonchev–Trinajstić information content (AvgIpc) is 3.00. The summed E-state index contributed by atoms with van der Waals surface area (Å²) in [7, 11) is 0. The minimum Gasteiger partial charge on any atom is -0.377 e. The first-order valence-corrected chi connectivity index (χ1v) is 11.2. The molecule has 4 nitrogen and oxygen atoms in total. The quantitative estimate of drug-likeness (QED) is 0.711. The smallest absolute Gasteiger partial charge is 0.254 e. The lowest BCUT2D eigenvalue weighted by atomic mass is 9.50. The molecule has 3 saturated carbocycles. The Bertz CT molecular complexity index is 1050. The molecule has 152 valence electrons. The molecule has 0 unspecified atom stereocenters. The minimum absolute atomic E-state index is 0.0321. The summed E-state index contributed by atoms with van der Waals surface area (Å²) >= 11 is 6.55. The number of hydrogen-bond acceptors (Lipinski definition) is 2. The summed E-state index contributed by atoms with van der Waals surface area (Å²) in [6.45, 7) is 5.72. The molecule has 1 aromatic heterocycles. The SMILES string of the molecule is CC(C)(NC(=O)c1cn(C2COC2)c2cccc(Cl)c12)C1=C2[C@@H]3C[C@H](C1)C[C@H]2C3. The van der Waals surface area contributed by atoms with Gasteiger partial charge in [-0.1, -0.05) is 23.2 Å². The lowest BCUT2D eigenvalue weighted by molar-refractivity contribution is -0.0214. The van der Waals surface area contributed by atoms with Crippen molar-refractivity contribution in [2.24, 2.45) is 17.8 Å². The van der Waals surface area contributed by atoms with Crippen LogP contribution in [0.5, 0.6) is 0 Å². The van der Waals surface area contributed by atoms with Gasteiger partial charge in [0.2, 0.25) is 0 Å². The van der Waals surface area contributed by atoms with Gasteiger partial charge >= 0.3 is 0 Å². The fraction of sp³-hybridized carbons (Fsp3) is 0.542. The highest BCUT2D eigenvalue weighted by Gasteiger charge is 2.50. The molecule has 6 aliphatic rings. The van der Waals surface area contributed by atoms with Crippen LogP contribution in [0, 0.1) is 17.8 Å². The van der Waals surface area contributed by atoms with Gasteiger partial charge in [0.1, 0.15) is 0 Å². The van der Waals surface area contributed by atoms with E-state index in [1.807, 2.05) is 24.4 Å². The Hall–Kier alpha value is -1.78. The molecule has 1 N–H and O–H groups in total. The summed E-state index contributed by atoms with van der Waals surface area (Å²) in [5, 5.41) is 4.85. The second-order valence-electron chi connectivity index (χ2n) is 9.96. The molecule has 8 rings (SSSR count). The highest BCUT2D eigenvalue weighted by atomic mass is 35.5. The Labute approximate surface area is 176 Å². The highest BCUT2D eigenvalue weighted by Crippen LogP contribution is 2.60. The van der Waals surface area contributed by atoms with Crippen LogP contribution in [0.15, 0.2) is 35.5 Å². The number of halogens is 1. The molecule has 5 aliphatic carbocycles. The first kappa shape index (κ1) is 18.0. The predicted octanol–water partition coefficient (Wildman–Crippen LogP) is 5.12. The molecule has 5 heteroatoms. The van der Waals surface area contributed by atoms with Crippen LogP contribution in [-0.2, 0) is 4.74 Å². The summed E-state index contributed by atoms with van der Waals surface area (Å²) in [6.07, 6.45) is 7.22. The van der Waals surface area contributed by atoms with Crippen molar-refractivity contribution in [2.45, 2.75) is 51.1 Å². The largest absolute Gasteiger partial charge is 0.377 e. The van der Waals surface area contributed by atoms with Crippen molar-refractivity contribution in [2.75, 3.05) is 13.2 Å². The lowest BCUT2D eigenvalue weighted by Crippen LogP contribution is -2.52. The molecule has 4 bridgehead atoms. The maximum absolute atomic E-state index is 13.5. The van der Waals surface area contributed by atoms with Gasteiger partial charge in [-0.05, 0) is 75.0 Å². The number of ether oxygens (including phenoxy) is 1. The molecule has 4 fully saturated rings. The van der Waals surface area contributed by atoms with Crippen LogP contribution >= 0.6 is 11.6 Å². The van der Waals surface area contributed by atoms with Crippen molar-refractivity contribution in [3.05, 3.63) is 46.1 Å². The second-order valence-corrected chi connectivity index (χ2v) is 10.4. The van der Waals surface area contributed by atoms with Gasteiger partial charge in [0.15, 0.2) is 0 Å². The molecule has 0 radical (unpaired) electrons. The number of hydrogen-bond donors (Lipinski definition) is 1. The number of aromatic nitrogens is 1. The summed E-state index contributed by atoms with van der Waals surface area (Å²) < 4.78 is 7.54. The summed E-state index contributed by atoms with van der Waals surface area (Å²) in [4.78, 5) is 13.5. The molecule has 3 atom stereocenters. The van der Waals surface area contributed by atoms with Crippen molar-refractivity contribution in [3.63, 3.8) is 0 Å². The predicted molar refractivity (Wildman–Crippen MR) is 114 cm³/mol. The van der Waals surface area contributed by atoms with Crippen LogP contribution in [0.4, 0.5) is 0 Å². The number of benzene rings is 1. The lowest BCUT2D eigenvalue weighted by Gasteiger charge is -2.56. The van der Waals surface area contributed by atoms with Crippen LogP contribution in [-0.4, -0.2) is 29.2 Å². The molecule has 1 aliphatic heterocycles.